The summed E-state index contributed by atoms with van der Waals surface area (Å²) < 4.78 is 16.2. The van der Waals surface area contributed by atoms with E-state index in [2.05, 4.69) is 0 Å². The van der Waals surface area contributed by atoms with Gasteiger partial charge in [0.2, 0.25) is 5.76 Å². The van der Waals surface area contributed by atoms with Crippen molar-refractivity contribution in [2.75, 3.05) is 26.3 Å². The number of halogens is 1. The summed E-state index contributed by atoms with van der Waals surface area (Å²) in [6, 6.07) is 7.23. The Labute approximate surface area is 121 Å². The third-order valence-corrected chi connectivity index (χ3v) is 3.55. The van der Waals surface area contributed by atoms with Gasteiger partial charge in [0.05, 0.1) is 23.8 Å². The fraction of sp³-hybridized carbons (Fsp3) is 0.357. The van der Waals surface area contributed by atoms with Gasteiger partial charge in [-0.25, -0.2) is 0 Å². The summed E-state index contributed by atoms with van der Waals surface area (Å²) in [5.74, 6) is 0.0275. The van der Waals surface area contributed by atoms with E-state index in [1.807, 2.05) is 18.2 Å². The fourth-order valence-electron chi connectivity index (χ4n) is 2.12. The summed E-state index contributed by atoms with van der Waals surface area (Å²) in [5, 5.41) is 0.547. The standard InChI is InChI=1S/C14H14ClNO4/c15-11-4-2-1-3-10(11)14-19-9-12(20-14)13(17)16-5-7-18-8-6-16/h1-4,9,14H,5-8H2. The van der Waals surface area contributed by atoms with E-state index in [-0.39, 0.29) is 11.7 Å². The van der Waals surface area contributed by atoms with Crippen molar-refractivity contribution in [2.45, 2.75) is 6.29 Å². The monoisotopic (exact) mass is 295 g/mol. The van der Waals surface area contributed by atoms with Gasteiger partial charge < -0.3 is 19.1 Å². The van der Waals surface area contributed by atoms with Crippen molar-refractivity contribution >= 4 is 17.5 Å². The summed E-state index contributed by atoms with van der Waals surface area (Å²) >= 11 is 6.09. The van der Waals surface area contributed by atoms with Crippen LogP contribution in [-0.4, -0.2) is 37.1 Å². The van der Waals surface area contributed by atoms with Gasteiger partial charge in [0.15, 0.2) is 0 Å². The van der Waals surface area contributed by atoms with Gasteiger partial charge in [-0.05, 0) is 6.07 Å². The van der Waals surface area contributed by atoms with Crippen molar-refractivity contribution in [2.24, 2.45) is 0 Å². The van der Waals surface area contributed by atoms with Crippen LogP contribution in [0.15, 0.2) is 36.3 Å². The van der Waals surface area contributed by atoms with Crippen molar-refractivity contribution in [1.82, 2.24) is 4.90 Å². The van der Waals surface area contributed by atoms with E-state index >= 15 is 0 Å². The Morgan fingerprint density at radius 3 is 2.75 bits per heavy atom. The Morgan fingerprint density at radius 1 is 1.25 bits per heavy atom. The van der Waals surface area contributed by atoms with E-state index in [0.29, 0.717) is 36.9 Å². The lowest BCUT2D eigenvalue weighted by Gasteiger charge is -2.26. The predicted molar refractivity (Wildman–Crippen MR) is 71.8 cm³/mol. The van der Waals surface area contributed by atoms with E-state index in [9.17, 15) is 4.79 Å². The number of carbonyl (C=O) groups excluding carboxylic acids is 1. The van der Waals surface area contributed by atoms with E-state index in [0.717, 1.165) is 0 Å². The van der Waals surface area contributed by atoms with Gasteiger partial charge in [-0.1, -0.05) is 29.8 Å². The van der Waals surface area contributed by atoms with Gasteiger partial charge in [-0.15, -0.1) is 0 Å². The first kappa shape index (κ1) is 13.3. The molecule has 2 aliphatic heterocycles. The number of nitrogens with zero attached hydrogens (tertiary/aromatic N) is 1. The molecule has 1 amide bonds. The molecule has 20 heavy (non-hydrogen) atoms. The summed E-state index contributed by atoms with van der Waals surface area (Å²) in [4.78, 5) is 13.9. The van der Waals surface area contributed by atoms with E-state index in [1.54, 1.807) is 11.0 Å². The molecule has 0 bridgehead atoms. The first-order valence-corrected chi connectivity index (χ1v) is 6.77. The molecular formula is C14H14ClNO4. The largest absolute Gasteiger partial charge is 0.454 e. The highest BCUT2D eigenvalue weighted by atomic mass is 35.5. The zero-order valence-corrected chi connectivity index (χ0v) is 11.5. The highest BCUT2D eigenvalue weighted by molar-refractivity contribution is 6.31. The van der Waals surface area contributed by atoms with Gasteiger partial charge in [0.25, 0.3) is 12.2 Å². The number of hydrogen-bond acceptors (Lipinski definition) is 4. The molecule has 2 aliphatic rings. The maximum Gasteiger partial charge on any atom is 0.292 e. The van der Waals surface area contributed by atoms with Crippen LogP contribution in [0.2, 0.25) is 5.02 Å². The van der Waals surface area contributed by atoms with Crippen molar-refractivity contribution in [3.63, 3.8) is 0 Å². The van der Waals surface area contributed by atoms with Crippen LogP contribution in [0.3, 0.4) is 0 Å². The lowest BCUT2D eigenvalue weighted by atomic mass is 10.2. The molecule has 3 rings (SSSR count). The van der Waals surface area contributed by atoms with E-state index in [1.165, 1.54) is 6.26 Å². The van der Waals surface area contributed by atoms with Crippen molar-refractivity contribution in [3.8, 4) is 0 Å². The summed E-state index contributed by atoms with van der Waals surface area (Å²) in [6.45, 7) is 2.23. The molecule has 0 N–H and O–H groups in total. The molecule has 0 aromatic heterocycles. The molecule has 2 heterocycles. The molecule has 1 saturated heterocycles. The Hall–Kier alpha value is -1.72. The van der Waals surface area contributed by atoms with Gasteiger partial charge in [0, 0.05) is 13.1 Å². The highest BCUT2D eigenvalue weighted by Gasteiger charge is 2.31. The second kappa shape index (κ2) is 5.73. The minimum Gasteiger partial charge on any atom is -0.454 e. The number of ether oxygens (including phenoxy) is 3. The Bertz CT molecular complexity index is 540. The zero-order valence-electron chi connectivity index (χ0n) is 10.8. The third-order valence-electron chi connectivity index (χ3n) is 3.20. The quantitative estimate of drug-likeness (QED) is 0.838. The maximum atomic E-state index is 12.2. The molecule has 0 saturated carbocycles. The maximum absolute atomic E-state index is 12.2. The number of morpholine rings is 1. The van der Waals surface area contributed by atoms with Crippen molar-refractivity contribution < 1.29 is 19.0 Å². The Kier molecular flexibility index (Phi) is 3.80. The average molecular weight is 296 g/mol. The molecular weight excluding hydrogens is 282 g/mol. The van der Waals surface area contributed by atoms with Gasteiger partial charge in [0.1, 0.15) is 6.26 Å². The molecule has 0 radical (unpaired) electrons. The molecule has 1 aromatic rings. The SMILES string of the molecule is O=C(C1=COC(c2ccccc2Cl)O1)N1CCOCC1. The second-order valence-corrected chi connectivity index (χ2v) is 4.90. The lowest BCUT2D eigenvalue weighted by molar-refractivity contribution is -0.137. The normalized spacial score (nSPS) is 21.9. The van der Waals surface area contributed by atoms with E-state index < -0.39 is 6.29 Å². The summed E-state index contributed by atoms with van der Waals surface area (Å²) in [6.07, 6.45) is 0.690. The fourth-order valence-corrected chi connectivity index (χ4v) is 2.35. The molecule has 5 nitrogen and oxygen atoms in total. The van der Waals surface area contributed by atoms with Crippen molar-refractivity contribution in [1.29, 1.82) is 0 Å². The van der Waals surface area contributed by atoms with Gasteiger partial charge >= 0.3 is 0 Å². The van der Waals surface area contributed by atoms with Gasteiger partial charge in [-0.2, -0.15) is 0 Å². The van der Waals surface area contributed by atoms with Crippen LogP contribution in [0.25, 0.3) is 0 Å². The number of benzene rings is 1. The van der Waals surface area contributed by atoms with Gasteiger partial charge in [-0.3, -0.25) is 4.79 Å². The molecule has 1 atom stereocenters. The number of amides is 1. The van der Waals surface area contributed by atoms with Crippen LogP contribution in [0.1, 0.15) is 11.9 Å². The van der Waals surface area contributed by atoms with Crippen LogP contribution < -0.4 is 0 Å². The van der Waals surface area contributed by atoms with Crippen molar-refractivity contribution in [3.05, 3.63) is 46.9 Å². The minimum absolute atomic E-state index is 0.178. The molecule has 6 heteroatoms. The third kappa shape index (κ3) is 2.59. The minimum atomic E-state index is -0.663. The lowest BCUT2D eigenvalue weighted by Crippen LogP contribution is -2.41. The summed E-state index contributed by atoms with van der Waals surface area (Å²) in [5.41, 5.74) is 0.704. The Balaban J connectivity index is 1.67. The topological polar surface area (TPSA) is 48.0 Å². The first-order valence-electron chi connectivity index (χ1n) is 6.39. The highest BCUT2D eigenvalue weighted by Crippen LogP contribution is 2.33. The molecule has 1 fully saturated rings. The molecule has 106 valence electrons. The average Bonchev–Trinajstić information content (AvgIpc) is 2.97. The molecule has 0 aliphatic carbocycles. The van der Waals surface area contributed by atoms with E-state index in [4.69, 9.17) is 25.8 Å². The van der Waals surface area contributed by atoms with Crippen LogP contribution >= 0.6 is 11.6 Å². The Morgan fingerprint density at radius 2 is 2.00 bits per heavy atom. The van der Waals surface area contributed by atoms with Crippen LogP contribution in [0.5, 0.6) is 0 Å². The summed E-state index contributed by atoms with van der Waals surface area (Å²) in [7, 11) is 0. The predicted octanol–water partition coefficient (Wildman–Crippen LogP) is 2.09. The smallest absolute Gasteiger partial charge is 0.292 e. The second-order valence-electron chi connectivity index (χ2n) is 4.49. The van der Waals surface area contributed by atoms with Crippen LogP contribution in [-0.2, 0) is 19.0 Å². The van der Waals surface area contributed by atoms with Crippen LogP contribution in [0, 0.1) is 0 Å². The number of carbonyl (C=O) groups is 1. The molecule has 1 unspecified atom stereocenters. The molecule has 0 spiro atoms. The number of hydrogen-bond donors (Lipinski definition) is 0. The number of rotatable bonds is 2. The molecule has 1 aromatic carbocycles. The first-order chi connectivity index (χ1) is 9.75. The van der Waals surface area contributed by atoms with Crippen LogP contribution in [0.4, 0.5) is 0 Å². The zero-order chi connectivity index (χ0) is 13.9.